The minimum absolute atomic E-state index is 0.182. The predicted molar refractivity (Wildman–Crippen MR) is 89.5 cm³/mol. The largest absolute Gasteiger partial charge is 0.312 e. The van der Waals surface area contributed by atoms with E-state index in [9.17, 15) is 4.39 Å². The Bertz CT molecular complexity index is 569. The van der Waals surface area contributed by atoms with E-state index in [4.69, 9.17) is 4.98 Å². The minimum atomic E-state index is -0.182. The first-order valence-corrected chi connectivity index (χ1v) is 9.09. The molecule has 2 aromatic rings. The molecule has 1 aromatic heterocycles. The lowest BCUT2D eigenvalue weighted by molar-refractivity contribution is 0.624. The Morgan fingerprint density at radius 2 is 2.19 bits per heavy atom. The van der Waals surface area contributed by atoms with Crippen molar-refractivity contribution in [3.63, 3.8) is 0 Å². The molecule has 0 fully saturated rings. The first-order chi connectivity index (χ1) is 10.2. The number of thiazole rings is 1. The third-order valence-electron chi connectivity index (χ3n) is 3.00. The lowest BCUT2D eigenvalue weighted by Gasteiger charge is -2.00. The Hall–Kier alpha value is -0.910. The molecule has 1 heterocycles. The van der Waals surface area contributed by atoms with Gasteiger partial charge in [0.25, 0.3) is 0 Å². The molecular formula is C16H21FN2S2. The minimum Gasteiger partial charge on any atom is -0.312 e. The molecule has 0 unspecified atom stereocenters. The van der Waals surface area contributed by atoms with Crippen molar-refractivity contribution in [2.24, 2.45) is 0 Å². The highest BCUT2D eigenvalue weighted by Crippen LogP contribution is 2.28. The first kappa shape index (κ1) is 16.5. The number of hydrogen-bond donors (Lipinski definition) is 1. The van der Waals surface area contributed by atoms with Gasteiger partial charge in [0.15, 0.2) is 0 Å². The number of halogens is 1. The summed E-state index contributed by atoms with van der Waals surface area (Å²) in [6.45, 7) is 6.16. The van der Waals surface area contributed by atoms with Gasteiger partial charge in [-0.2, -0.15) is 0 Å². The molecule has 0 aliphatic carbocycles. The highest BCUT2D eigenvalue weighted by atomic mass is 32.2. The van der Waals surface area contributed by atoms with Gasteiger partial charge >= 0.3 is 0 Å². The van der Waals surface area contributed by atoms with Crippen LogP contribution in [0.4, 0.5) is 4.39 Å². The second-order valence-corrected chi connectivity index (χ2v) is 6.97. The lowest BCUT2D eigenvalue weighted by Crippen LogP contribution is -2.11. The van der Waals surface area contributed by atoms with Crippen LogP contribution >= 0.6 is 23.1 Å². The van der Waals surface area contributed by atoms with Crippen LogP contribution in [0.1, 0.15) is 35.8 Å². The zero-order valence-electron chi connectivity index (χ0n) is 12.5. The Balaban J connectivity index is 2.02. The van der Waals surface area contributed by atoms with Crippen LogP contribution in [-0.2, 0) is 18.7 Å². The van der Waals surface area contributed by atoms with Crippen LogP contribution in [-0.4, -0.2) is 11.5 Å². The predicted octanol–water partition coefficient (Wildman–Crippen LogP) is 4.64. The molecule has 0 aliphatic rings. The molecule has 2 rings (SSSR count). The molecule has 1 aromatic carbocycles. The van der Waals surface area contributed by atoms with E-state index in [0.717, 1.165) is 41.6 Å². The molecule has 2 nitrogen and oxygen atoms in total. The van der Waals surface area contributed by atoms with E-state index in [1.807, 2.05) is 6.07 Å². The van der Waals surface area contributed by atoms with E-state index in [0.29, 0.717) is 0 Å². The molecule has 0 saturated heterocycles. The van der Waals surface area contributed by atoms with Crippen molar-refractivity contribution >= 4 is 23.1 Å². The lowest BCUT2D eigenvalue weighted by atomic mass is 10.2. The Morgan fingerprint density at radius 3 is 2.90 bits per heavy atom. The van der Waals surface area contributed by atoms with Gasteiger partial charge in [0.1, 0.15) is 10.8 Å². The number of thioether (sulfide) groups is 1. The first-order valence-electron chi connectivity index (χ1n) is 7.29. The summed E-state index contributed by atoms with van der Waals surface area (Å²) >= 11 is 3.41. The molecular weight excluding hydrogens is 303 g/mol. The van der Waals surface area contributed by atoms with Gasteiger partial charge in [-0.3, -0.25) is 0 Å². The summed E-state index contributed by atoms with van der Waals surface area (Å²) in [5, 5.41) is 4.50. The summed E-state index contributed by atoms with van der Waals surface area (Å²) in [4.78, 5) is 7.05. The van der Waals surface area contributed by atoms with Crippen LogP contribution in [0.25, 0.3) is 0 Å². The standard InChI is InChI=1S/C16H21FN2S2/c1-3-6-14-15(10-18-4-2)21-16(19-14)11-20-13-8-5-7-12(17)9-13/h5,7-9,18H,3-4,6,10-11H2,1-2H3. The Labute approximate surface area is 134 Å². The van der Waals surface area contributed by atoms with Gasteiger partial charge in [-0.25, -0.2) is 9.37 Å². The second-order valence-electron chi connectivity index (χ2n) is 4.75. The molecule has 114 valence electrons. The van der Waals surface area contributed by atoms with Gasteiger partial charge in [0.05, 0.1) is 11.4 Å². The van der Waals surface area contributed by atoms with E-state index >= 15 is 0 Å². The number of nitrogens with one attached hydrogen (secondary N) is 1. The van der Waals surface area contributed by atoms with Crippen LogP contribution in [0.5, 0.6) is 0 Å². The van der Waals surface area contributed by atoms with Gasteiger partial charge in [0.2, 0.25) is 0 Å². The molecule has 21 heavy (non-hydrogen) atoms. The van der Waals surface area contributed by atoms with Gasteiger partial charge in [-0.15, -0.1) is 23.1 Å². The third kappa shape index (κ3) is 5.09. The number of hydrogen-bond acceptors (Lipinski definition) is 4. The summed E-state index contributed by atoms with van der Waals surface area (Å²) in [6.07, 6.45) is 2.14. The van der Waals surface area contributed by atoms with E-state index in [1.165, 1.54) is 16.6 Å². The number of nitrogens with zero attached hydrogens (tertiary/aromatic N) is 1. The SMILES string of the molecule is CCCc1nc(CSc2cccc(F)c2)sc1CNCC. The number of benzene rings is 1. The van der Waals surface area contributed by atoms with E-state index in [1.54, 1.807) is 35.2 Å². The number of rotatable bonds is 8. The van der Waals surface area contributed by atoms with Crippen molar-refractivity contribution in [2.75, 3.05) is 6.54 Å². The number of aryl methyl sites for hydroxylation is 1. The Morgan fingerprint density at radius 1 is 1.33 bits per heavy atom. The van der Waals surface area contributed by atoms with Crippen molar-refractivity contribution in [2.45, 2.75) is 43.9 Å². The summed E-state index contributed by atoms with van der Waals surface area (Å²) in [5.41, 5.74) is 1.22. The van der Waals surface area contributed by atoms with Crippen LogP contribution in [0, 0.1) is 5.82 Å². The van der Waals surface area contributed by atoms with Crippen molar-refractivity contribution < 1.29 is 4.39 Å². The molecule has 5 heteroatoms. The maximum atomic E-state index is 13.2. The molecule has 0 radical (unpaired) electrons. The summed E-state index contributed by atoms with van der Waals surface area (Å²) in [6, 6.07) is 6.73. The molecule has 0 atom stereocenters. The van der Waals surface area contributed by atoms with Crippen LogP contribution in [0.15, 0.2) is 29.2 Å². The summed E-state index contributed by atoms with van der Waals surface area (Å²) in [5.74, 6) is 0.621. The maximum Gasteiger partial charge on any atom is 0.124 e. The zero-order chi connectivity index (χ0) is 15.1. The normalized spacial score (nSPS) is 11.0. The molecule has 0 spiro atoms. The molecule has 0 aliphatic heterocycles. The fourth-order valence-electron chi connectivity index (χ4n) is 2.01. The van der Waals surface area contributed by atoms with E-state index < -0.39 is 0 Å². The van der Waals surface area contributed by atoms with Crippen LogP contribution < -0.4 is 5.32 Å². The van der Waals surface area contributed by atoms with Crippen molar-refractivity contribution in [1.82, 2.24) is 10.3 Å². The summed E-state index contributed by atoms with van der Waals surface area (Å²) in [7, 11) is 0. The van der Waals surface area contributed by atoms with Crippen LogP contribution in [0.2, 0.25) is 0 Å². The molecule has 0 amide bonds. The topological polar surface area (TPSA) is 24.9 Å². The maximum absolute atomic E-state index is 13.2. The summed E-state index contributed by atoms with van der Waals surface area (Å²) < 4.78 is 13.2. The van der Waals surface area contributed by atoms with Gasteiger partial charge in [0, 0.05) is 16.3 Å². The monoisotopic (exact) mass is 324 g/mol. The average molecular weight is 324 g/mol. The second kappa shape index (κ2) is 8.51. The van der Waals surface area contributed by atoms with Crippen molar-refractivity contribution in [3.8, 4) is 0 Å². The Kier molecular flexibility index (Phi) is 6.67. The zero-order valence-corrected chi connectivity index (χ0v) is 14.1. The molecule has 1 N–H and O–H groups in total. The van der Waals surface area contributed by atoms with Gasteiger partial charge in [-0.05, 0) is 31.2 Å². The fraction of sp³-hybridized carbons (Fsp3) is 0.438. The van der Waals surface area contributed by atoms with Crippen molar-refractivity contribution in [3.05, 3.63) is 45.7 Å². The quantitative estimate of drug-likeness (QED) is 0.716. The fourth-order valence-corrected chi connectivity index (χ4v) is 4.03. The number of aromatic nitrogens is 1. The third-order valence-corrected chi connectivity index (χ3v) is 5.29. The van der Waals surface area contributed by atoms with Gasteiger partial charge in [-0.1, -0.05) is 26.3 Å². The average Bonchev–Trinajstić information content (AvgIpc) is 2.86. The molecule has 0 saturated carbocycles. The highest BCUT2D eigenvalue weighted by molar-refractivity contribution is 7.98. The van der Waals surface area contributed by atoms with Gasteiger partial charge < -0.3 is 5.32 Å². The van der Waals surface area contributed by atoms with Crippen LogP contribution in [0.3, 0.4) is 0 Å². The van der Waals surface area contributed by atoms with E-state index in [2.05, 4.69) is 19.2 Å². The highest BCUT2D eigenvalue weighted by Gasteiger charge is 2.10. The molecule has 0 bridgehead atoms. The van der Waals surface area contributed by atoms with E-state index in [-0.39, 0.29) is 5.82 Å². The smallest absolute Gasteiger partial charge is 0.124 e. The van der Waals surface area contributed by atoms with Crippen molar-refractivity contribution in [1.29, 1.82) is 0 Å².